The molecule has 25 heteroatoms. The Balaban J connectivity index is 0.000000179. The maximum atomic E-state index is 12.6. The second-order valence-electron chi connectivity index (χ2n) is 36.7. The number of amides is 3. The van der Waals surface area contributed by atoms with Gasteiger partial charge in [0.15, 0.2) is 46.0 Å². The number of methoxy groups -OCH3 is 6. The number of aryl methyl sites for hydroxylation is 2. The highest BCUT2D eigenvalue weighted by Crippen LogP contribution is 2.52. The fraction of sp³-hybridized carbons (Fsp3) is 0.548. The molecule has 2 saturated carbocycles. The van der Waals surface area contributed by atoms with Crippen LogP contribution in [0.1, 0.15) is 214 Å². The van der Waals surface area contributed by atoms with E-state index in [1.165, 1.54) is 51.0 Å². The van der Waals surface area contributed by atoms with Gasteiger partial charge in [0.25, 0.3) is 0 Å². The van der Waals surface area contributed by atoms with Crippen molar-refractivity contribution in [2.75, 3.05) is 115 Å². The van der Waals surface area contributed by atoms with Gasteiger partial charge in [-0.3, -0.25) is 14.4 Å². The number of esters is 1. The Morgan fingerprint density at radius 3 is 1.08 bits per heavy atom. The molecule has 12 atom stereocenters. The number of hydrogen-bond donors (Lipinski definition) is 5. The zero-order valence-electron chi connectivity index (χ0n) is 78.4. The third-order valence-electron chi connectivity index (χ3n) is 27.9. The van der Waals surface area contributed by atoms with E-state index in [0.29, 0.717) is 113 Å². The van der Waals surface area contributed by atoms with Crippen LogP contribution in [-0.4, -0.2) is 227 Å². The summed E-state index contributed by atoms with van der Waals surface area (Å²) in [6.07, 6.45) is 12.5. The van der Waals surface area contributed by atoms with Crippen LogP contribution in [0.15, 0.2) is 164 Å². The molecule has 7 aromatic carbocycles. The van der Waals surface area contributed by atoms with Gasteiger partial charge in [-0.1, -0.05) is 143 Å². The van der Waals surface area contributed by atoms with Crippen molar-refractivity contribution in [2.24, 2.45) is 21.7 Å². The molecule has 25 nitrogen and oxygen atoms in total. The topological polar surface area (TPSA) is 301 Å². The largest absolute Gasteiger partial charge is 0.493 e. The number of aliphatic carboxylic acids is 1. The Kier molecular flexibility index (Phi) is 37.5. The number of hydrogen-bond acceptors (Lipinski definition) is 21. The number of benzene rings is 7. The summed E-state index contributed by atoms with van der Waals surface area (Å²) in [4.78, 5) is 67.4. The third-order valence-corrected chi connectivity index (χ3v) is 27.9. The van der Waals surface area contributed by atoms with E-state index in [4.69, 9.17) is 57.2 Å². The number of rotatable bonds is 36. The molecule has 0 aromatic heterocycles. The number of carboxylic acid groups (broad SMARTS) is 1. The number of nitrogens with zero attached hydrogens (tertiary/aromatic N) is 4. The van der Waals surface area contributed by atoms with Crippen LogP contribution in [0, 0.1) is 21.7 Å². The fourth-order valence-corrected chi connectivity index (χ4v) is 19.1. The molecule has 0 bridgehead atoms. The van der Waals surface area contributed by atoms with Gasteiger partial charge >= 0.3 is 24.1 Å². The average molecular weight is 1780 g/mol. The van der Waals surface area contributed by atoms with Crippen molar-refractivity contribution < 1.29 is 102 Å². The predicted octanol–water partition coefficient (Wildman–Crippen LogP) is 17.4. The molecule has 6 fully saturated rings. The molecule has 3 amide bonds. The minimum atomic E-state index is -0.985. The molecule has 4 saturated heterocycles. The first kappa shape index (κ1) is 101. The normalized spacial score (nSPS) is 22.9. The van der Waals surface area contributed by atoms with Gasteiger partial charge in [-0.05, 0) is 205 Å². The quantitative estimate of drug-likeness (QED) is 0.0138. The maximum Gasteiger partial charge on any atom is 0.409 e. The molecule has 4 heterocycles. The van der Waals surface area contributed by atoms with Crippen molar-refractivity contribution >= 4 is 30.0 Å². The average Bonchev–Trinajstić information content (AvgIpc) is 1.63. The van der Waals surface area contributed by atoms with Crippen LogP contribution in [-0.2, 0) is 48.0 Å². The highest BCUT2D eigenvalue weighted by Gasteiger charge is 2.53. The Bertz CT molecular complexity index is 4530. The van der Waals surface area contributed by atoms with Crippen molar-refractivity contribution in [1.82, 2.24) is 19.6 Å². The number of ether oxygens (including phenoxy) is 11. The van der Waals surface area contributed by atoms with Crippen molar-refractivity contribution in [3.63, 3.8) is 0 Å². The number of carbonyl (C=O) groups excluding carboxylic acids is 4. The van der Waals surface area contributed by atoms with Gasteiger partial charge in [-0.2, -0.15) is 0 Å². The first-order chi connectivity index (χ1) is 61.9. The lowest BCUT2D eigenvalue weighted by atomic mass is 9.72. The van der Waals surface area contributed by atoms with Crippen LogP contribution in [0.3, 0.4) is 0 Å². The van der Waals surface area contributed by atoms with E-state index in [9.17, 15) is 44.4 Å². The van der Waals surface area contributed by atoms with Crippen LogP contribution < -0.4 is 37.9 Å². The number of unbranched alkanes of at least 4 members (excludes halogenated alkanes) is 2. The zero-order valence-corrected chi connectivity index (χ0v) is 78.4. The first-order valence-electron chi connectivity index (χ1n) is 46.1. The lowest BCUT2D eigenvalue weighted by Crippen LogP contribution is -2.38. The molecule has 0 spiro atoms. The highest BCUT2D eigenvalue weighted by molar-refractivity contribution is 5.81. The molecule has 6 aliphatic rings. The van der Waals surface area contributed by atoms with E-state index in [1.807, 2.05) is 131 Å². The molecule has 0 radical (unpaired) electrons. The molecule has 704 valence electrons. The summed E-state index contributed by atoms with van der Waals surface area (Å²) >= 11 is 0. The first-order valence-corrected chi connectivity index (χ1v) is 46.1. The standard InChI is InChI=1S/C29H39NO5.2C26H35NO5.C23H33NO6/c1-21(31)29(2)20-30(16-15-28(32)34-19-22-9-5-4-6-10-22)18-25(29)23-13-14-26(33-3)27(17-23)35-24-11-7-8-12-24;2*1-19(28)26(2)18-27(25(29)31-4)17-22(26)21-13-14-23(30-3)24(16-21)32-15-9-8-12-20-10-6-5-7-11-20;1-15(25)23(2)14-24(21(26)10-11-22(27)28)13-18(23)16-8-9-19(29-3)20(12-16)30-17-6-4-5-7-17/h4-6,9-10,13-14,17,21,24-25,31H,7-8,11-12,15-16,18-20H2,1-3H3;2*5-7,10-11,13-14,16,19,22,28H,8-9,12,15,17-18H2,1-4H3;8-9,12,15,17-18,25H,4-7,10-11,13-14H2,1-3H3,(H,27,28)/t21?,25-,29-;19-,22+,26+;19-,22-,26-;15-,18+,23+/m0101/s1. The minimum absolute atomic E-state index is 0.0312. The number of aliphatic hydroxyl groups is 4. The number of carbonyl (C=O) groups is 5. The summed E-state index contributed by atoms with van der Waals surface area (Å²) in [5.41, 5.74) is 5.94. The maximum absolute atomic E-state index is 12.6. The lowest BCUT2D eigenvalue weighted by molar-refractivity contribution is -0.145. The van der Waals surface area contributed by atoms with E-state index in [-0.39, 0.29) is 78.2 Å². The van der Waals surface area contributed by atoms with Gasteiger partial charge < -0.3 is 97.2 Å². The molecule has 7 aromatic rings. The van der Waals surface area contributed by atoms with Crippen LogP contribution in [0.2, 0.25) is 0 Å². The molecule has 1 unspecified atom stereocenters. The zero-order chi connectivity index (χ0) is 93.0. The Morgan fingerprint density at radius 1 is 0.388 bits per heavy atom. The van der Waals surface area contributed by atoms with E-state index >= 15 is 0 Å². The van der Waals surface area contributed by atoms with Crippen LogP contribution in [0.4, 0.5) is 9.59 Å². The predicted molar refractivity (Wildman–Crippen MR) is 496 cm³/mol. The van der Waals surface area contributed by atoms with Gasteiger partial charge in [0.2, 0.25) is 5.91 Å². The molecule has 13 rings (SSSR count). The summed E-state index contributed by atoms with van der Waals surface area (Å²) in [6, 6.07) is 54.4. The van der Waals surface area contributed by atoms with E-state index in [1.54, 1.807) is 63.9 Å². The van der Waals surface area contributed by atoms with Gasteiger partial charge in [-0.25, -0.2) is 9.59 Å². The highest BCUT2D eigenvalue weighted by atomic mass is 16.6. The molecular weight excluding hydrogens is 1640 g/mol. The molecule has 4 aliphatic heterocycles. The van der Waals surface area contributed by atoms with Gasteiger partial charge in [0, 0.05) is 111 Å². The second-order valence-corrected chi connectivity index (χ2v) is 36.7. The third kappa shape index (κ3) is 26.7. The van der Waals surface area contributed by atoms with Crippen molar-refractivity contribution in [3.8, 4) is 46.0 Å². The molecule has 2 aliphatic carbocycles. The lowest BCUT2D eigenvalue weighted by Gasteiger charge is -2.34. The van der Waals surface area contributed by atoms with E-state index in [2.05, 4.69) is 72.5 Å². The number of aliphatic hydroxyl groups excluding tert-OH is 4. The van der Waals surface area contributed by atoms with Crippen LogP contribution in [0.5, 0.6) is 46.0 Å². The Hall–Kier alpha value is -10.3. The van der Waals surface area contributed by atoms with E-state index in [0.717, 1.165) is 110 Å². The SMILES string of the molecule is COC(=O)N1C[C@@H](c2ccc(OC)c(OCCCCc3ccccc3)c2)[C@](C)([C@@H](C)O)C1.COC(=O)N1C[C@@H](c2ccc(OC)c(OCCCCc3ccccc3)c2)[C@](C)([C@H](C)O)C1.COc1ccc([C@@H]2CN(C(=O)CCC(=O)O)C[C@@]2(C)[C@@H](C)O)cc1OC1CCCC1.COc1ccc([C@@H]2CN(CCC(=O)OCc3ccccc3)C[C@@]2(C)C(C)O)cc1OC1CCCC1. The summed E-state index contributed by atoms with van der Waals surface area (Å²) in [5, 5.41) is 51.3. The monoisotopic (exact) mass is 1780 g/mol. The van der Waals surface area contributed by atoms with Gasteiger partial charge in [0.1, 0.15) is 6.61 Å². The van der Waals surface area contributed by atoms with Gasteiger partial charge in [-0.15, -0.1) is 0 Å². The van der Waals surface area contributed by atoms with E-state index < -0.39 is 46.6 Å². The number of likely N-dealkylation sites (tertiary alicyclic amines) is 4. The van der Waals surface area contributed by atoms with Crippen molar-refractivity contribution in [2.45, 2.75) is 231 Å². The van der Waals surface area contributed by atoms with Crippen molar-refractivity contribution in [3.05, 3.63) is 203 Å². The Morgan fingerprint density at radius 2 is 0.721 bits per heavy atom. The summed E-state index contributed by atoms with van der Waals surface area (Å²) in [6.45, 7) is 21.6. The van der Waals surface area contributed by atoms with Crippen molar-refractivity contribution in [1.29, 1.82) is 0 Å². The fourth-order valence-electron chi connectivity index (χ4n) is 19.1. The summed E-state index contributed by atoms with van der Waals surface area (Å²) < 4.78 is 62.1. The summed E-state index contributed by atoms with van der Waals surface area (Å²) in [7, 11) is 9.32. The number of carboxylic acids is 1. The molecular formula is C104H142N4O21. The van der Waals surface area contributed by atoms with Crippen LogP contribution in [0.25, 0.3) is 0 Å². The smallest absolute Gasteiger partial charge is 0.409 e. The van der Waals surface area contributed by atoms with Crippen LogP contribution >= 0.6 is 0 Å². The van der Waals surface area contributed by atoms with Gasteiger partial charge in [0.05, 0.1) is 105 Å². The Labute approximate surface area is 763 Å². The minimum Gasteiger partial charge on any atom is -0.493 e. The molecule has 129 heavy (non-hydrogen) atoms. The molecule has 5 N–H and O–H groups in total. The summed E-state index contributed by atoms with van der Waals surface area (Å²) in [5.74, 6) is 4.19. The second kappa shape index (κ2) is 48.0.